The molecule has 0 aromatic heterocycles. The lowest BCUT2D eigenvalue weighted by atomic mass is 10.1. The molecule has 9 heteroatoms. The SMILES string of the molecule is O=C(CN1C(=O)c2ccccc2C1=O)N1CC(S(=O)(=O)c2ccc(F)cc2)C1. The van der Waals surface area contributed by atoms with E-state index in [1.165, 1.54) is 29.2 Å². The monoisotopic (exact) mass is 402 g/mol. The molecule has 2 aliphatic rings. The number of sulfone groups is 1. The Morgan fingerprint density at radius 2 is 1.50 bits per heavy atom. The van der Waals surface area contributed by atoms with Gasteiger partial charge in [0.2, 0.25) is 5.91 Å². The Labute approximate surface area is 160 Å². The van der Waals surface area contributed by atoms with E-state index in [4.69, 9.17) is 0 Å². The number of nitrogens with zero attached hydrogens (tertiary/aromatic N) is 2. The number of imide groups is 1. The normalized spacial score (nSPS) is 16.9. The van der Waals surface area contributed by atoms with Crippen molar-refractivity contribution >= 4 is 27.6 Å². The summed E-state index contributed by atoms with van der Waals surface area (Å²) in [7, 11) is -3.69. The van der Waals surface area contributed by atoms with E-state index in [2.05, 4.69) is 0 Å². The van der Waals surface area contributed by atoms with Crippen molar-refractivity contribution in [3.05, 3.63) is 65.5 Å². The van der Waals surface area contributed by atoms with E-state index in [0.717, 1.165) is 17.0 Å². The molecule has 0 saturated carbocycles. The highest BCUT2D eigenvalue weighted by atomic mass is 32.2. The van der Waals surface area contributed by atoms with Crippen LogP contribution in [0.2, 0.25) is 0 Å². The molecule has 3 amide bonds. The van der Waals surface area contributed by atoms with E-state index in [0.29, 0.717) is 0 Å². The molecule has 0 unspecified atom stereocenters. The number of likely N-dealkylation sites (tertiary alicyclic amines) is 1. The Hall–Kier alpha value is -3.07. The minimum atomic E-state index is -3.69. The fourth-order valence-corrected chi connectivity index (χ4v) is 4.93. The van der Waals surface area contributed by atoms with Crippen molar-refractivity contribution in [1.29, 1.82) is 0 Å². The number of carbonyl (C=O) groups is 3. The van der Waals surface area contributed by atoms with Crippen LogP contribution >= 0.6 is 0 Å². The fourth-order valence-electron chi connectivity index (χ4n) is 3.27. The van der Waals surface area contributed by atoms with Gasteiger partial charge in [0.15, 0.2) is 9.84 Å². The predicted octanol–water partition coefficient (Wildman–Crippen LogP) is 1.11. The number of carbonyl (C=O) groups excluding carboxylic acids is 3. The molecular weight excluding hydrogens is 387 g/mol. The van der Waals surface area contributed by atoms with Gasteiger partial charge in [-0.15, -0.1) is 0 Å². The van der Waals surface area contributed by atoms with Gasteiger partial charge >= 0.3 is 0 Å². The van der Waals surface area contributed by atoms with Gasteiger partial charge < -0.3 is 4.90 Å². The number of halogens is 1. The highest BCUT2D eigenvalue weighted by Crippen LogP contribution is 2.26. The largest absolute Gasteiger partial charge is 0.338 e. The summed E-state index contributed by atoms with van der Waals surface area (Å²) >= 11 is 0. The lowest BCUT2D eigenvalue weighted by Crippen LogP contribution is -2.59. The van der Waals surface area contributed by atoms with Crippen LogP contribution in [0, 0.1) is 5.82 Å². The van der Waals surface area contributed by atoms with E-state index in [1.807, 2.05) is 0 Å². The van der Waals surface area contributed by atoms with Gasteiger partial charge in [-0.25, -0.2) is 12.8 Å². The van der Waals surface area contributed by atoms with Crippen LogP contribution < -0.4 is 0 Å². The summed E-state index contributed by atoms with van der Waals surface area (Å²) < 4.78 is 38.0. The molecule has 2 aliphatic heterocycles. The van der Waals surface area contributed by atoms with Gasteiger partial charge in [0.1, 0.15) is 17.6 Å². The number of hydrogen-bond donors (Lipinski definition) is 0. The van der Waals surface area contributed by atoms with Crippen LogP contribution in [-0.4, -0.2) is 60.8 Å². The van der Waals surface area contributed by atoms with E-state index >= 15 is 0 Å². The number of rotatable bonds is 4. The van der Waals surface area contributed by atoms with Crippen molar-refractivity contribution in [3.63, 3.8) is 0 Å². The first kappa shape index (κ1) is 18.3. The van der Waals surface area contributed by atoms with Gasteiger partial charge in [0.25, 0.3) is 11.8 Å². The molecule has 1 fully saturated rings. The Bertz CT molecular complexity index is 1060. The summed E-state index contributed by atoms with van der Waals surface area (Å²) in [5.74, 6) is -2.11. The third-order valence-electron chi connectivity index (χ3n) is 4.95. The molecule has 2 heterocycles. The van der Waals surface area contributed by atoms with Gasteiger partial charge in [-0.05, 0) is 36.4 Å². The highest BCUT2D eigenvalue weighted by molar-refractivity contribution is 7.92. The first-order valence-electron chi connectivity index (χ1n) is 8.51. The Morgan fingerprint density at radius 3 is 2.04 bits per heavy atom. The second-order valence-corrected chi connectivity index (χ2v) is 8.89. The molecule has 0 bridgehead atoms. The maximum Gasteiger partial charge on any atom is 0.262 e. The summed E-state index contributed by atoms with van der Waals surface area (Å²) in [6.45, 7) is -0.515. The van der Waals surface area contributed by atoms with E-state index < -0.39 is 45.2 Å². The molecule has 144 valence electrons. The van der Waals surface area contributed by atoms with E-state index in [1.54, 1.807) is 12.1 Å². The first-order valence-corrected chi connectivity index (χ1v) is 10.1. The predicted molar refractivity (Wildman–Crippen MR) is 95.8 cm³/mol. The molecule has 0 N–H and O–H groups in total. The average molecular weight is 402 g/mol. The summed E-state index contributed by atoms with van der Waals surface area (Å²) in [4.78, 5) is 39.2. The minimum absolute atomic E-state index is 0.00801. The fraction of sp³-hybridized carbons (Fsp3) is 0.211. The van der Waals surface area contributed by atoms with Crippen LogP contribution in [0.15, 0.2) is 53.4 Å². The zero-order valence-electron chi connectivity index (χ0n) is 14.5. The van der Waals surface area contributed by atoms with Gasteiger partial charge in [0.05, 0.1) is 16.0 Å². The van der Waals surface area contributed by atoms with Gasteiger partial charge in [-0.1, -0.05) is 12.1 Å². The lowest BCUT2D eigenvalue weighted by molar-refractivity contribution is -0.134. The topological polar surface area (TPSA) is 91.8 Å². The van der Waals surface area contributed by atoms with Crippen molar-refractivity contribution in [2.75, 3.05) is 19.6 Å². The van der Waals surface area contributed by atoms with Crippen LogP contribution in [0.25, 0.3) is 0 Å². The Kier molecular flexibility index (Phi) is 4.26. The van der Waals surface area contributed by atoms with E-state index in [9.17, 15) is 27.2 Å². The van der Waals surface area contributed by atoms with Gasteiger partial charge in [-0.2, -0.15) is 0 Å². The molecule has 1 saturated heterocycles. The zero-order chi connectivity index (χ0) is 20.1. The van der Waals surface area contributed by atoms with Crippen molar-refractivity contribution in [3.8, 4) is 0 Å². The van der Waals surface area contributed by atoms with Crippen LogP contribution in [0.5, 0.6) is 0 Å². The van der Waals surface area contributed by atoms with Crippen LogP contribution in [0.3, 0.4) is 0 Å². The van der Waals surface area contributed by atoms with Crippen LogP contribution in [-0.2, 0) is 14.6 Å². The van der Waals surface area contributed by atoms with E-state index in [-0.39, 0.29) is 29.1 Å². The van der Waals surface area contributed by atoms with Gasteiger partial charge in [-0.3, -0.25) is 19.3 Å². The average Bonchev–Trinajstić information content (AvgIpc) is 2.86. The highest BCUT2D eigenvalue weighted by Gasteiger charge is 2.43. The molecule has 4 rings (SSSR count). The van der Waals surface area contributed by atoms with Crippen molar-refractivity contribution in [1.82, 2.24) is 9.80 Å². The molecule has 0 atom stereocenters. The maximum absolute atomic E-state index is 13.0. The summed E-state index contributed by atoms with van der Waals surface area (Å²) in [5, 5.41) is -0.802. The zero-order valence-corrected chi connectivity index (χ0v) is 15.4. The maximum atomic E-state index is 13.0. The second-order valence-electron chi connectivity index (χ2n) is 6.66. The molecule has 0 spiro atoms. The smallest absolute Gasteiger partial charge is 0.262 e. The number of amides is 3. The van der Waals surface area contributed by atoms with Crippen molar-refractivity contribution in [2.24, 2.45) is 0 Å². The molecular formula is C19H15FN2O5S. The summed E-state index contributed by atoms with van der Waals surface area (Å²) in [6.07, 6.45) is 0. The molecule has 0 radical (unpaired) electrons. The van der Waals surface area contributed by atoms with Gasteiger partial charge in [0, 0.05) is 13.1 Å². The standard InChI is InChI=1S/C19H15FN2O5S/c20-12-5-7-13(8-6-12)28(26,27)14-9-21(10-14)17(23)11-22-18(24)15-3-1-2-4-16(15)19(22)25/h1-8,14H,9-11H2. The molecule has 2 aromatic rings. The van der Waals surface area contributed by atoms with Crippen LogP contribution in [0.4, 0.5) is 4.39 Å². The lowest BCUT2D eigenvalue weighted by Gasteiger charge is -2.39. The second kappa shape index (κ2) is 6.52. The quantitative estimate of drug-likeness (QED) is 0.564. The third kappa shape index (κ3) is 2.88. The number of hydrogen-bond acceptors (Lipinski definition) is 5. The molecule has 7 nitrogen and oxygen atoms in total. The molecule has 2 aromatic carbocycles. The van der Waals surface area contributed by atoms with Crippen LogP contribution in [0.1, 0.15) is 20.7 Å². The first-order chi connectivity index (χ1) is 13.3. The molecule has 0 aliphatic carbocycles. The number of fused-ring (bicyclic) bond motifs is 1. The van der Waals surface area contributed by atoms with Crippen molar-refractivity contribution < 1.29 is 27.2 Å². The third-order valence-corrected chi connectivity index (χ3v) is 7.06. The van der Waals surface area contributed by atoms with Crippen molar-refractivity contribution in [2.45, 2.75) is 10.1 Å². The summed E-state index contributed by atoms with van der Waals surface area (Å²) in [6, 6.07) is 10.8. The Balaban J connectivity index is 1.40. The minimum Gasteiger partial charge on any atom is -0.338 e. The number of benzene rings is 2. The Morgan fingerprint density at radius 1 is 0.964 bits per heavy atom. The summed E-state index contributed by atoms with van der Waals surface area (Å²) in [5.41, 5.74) is 0.501. The molecule has 28 heavy (non-hydrogen) atoms.